The summed E-state index contributed by atoms with van der Waals surface area (Å²) in [5.41, 5.74) is 6.93. The van der Waals surface area contributed by atoms with E-state index < -0.39 is 0 Å². The summed E-state index contributed by atoms with van der Waals surface area (Å²) in [6, 6.07) is 14.2. The van der Waals surface area contributed by atoms with Gasteiger partial charge in [0.1, 0.15) is 5.69 Å². The number of rotatable bonds is 6. The molecule has 0 atom stereocenters. The van der Waals surface area contributed by atoms with Crippen LogP contribution in [0.1, 0.15) is 30.4 Å². The molecule has 5 heterocycles. The molecule has 0 radical (unpaired) electrons. The molecule has 9 heteroatoms. The van der Waals surface area contributed by atoms with Crippen LogP contribution in [0.15, 0.2) is 61.1 Å². The summed E-state index contributed by atoms with van der Waals surface area (Å²) in [6.45, 7) is 5.77. The summed E-state index contributed by atoms with van der Waals surface area (Å²) in [6.07, 6.45) is 5.40. The van der Waals surface area contributed by atoms with Crippen molar-refractivity contribution in [1.82, 2.24) is 30.1 Å². The molecule has 0 fully saturated rings. The molecule has 0 aliphatic rings. The van der Waals surface area contributed by atoms with Gasteiger partial charge in [0.2, 0.25) is 0 Å². The zero-order valence-corrected chi connectivity index (χ0v) is 20.8. The van der Waals surface area contributed by atoms with Crippen LogP contribution in [0.2, 0.25) is 0 Å². The molecule has 1 aromatic carbocycles. The number of carbonyl (C=O) groups excluding carboxylic acids is 1. The minimum Gasteiger partial charge on any atom is -0.382 e. The summed E-state index contributed by atoms with van der Waals surface area (Å²) in [5, 5.41) is 11.9. The lowest BCUT2D eigenvalue weighted by molar-refractivity contribution is 0.102. The van der Waals surface area contributed by atoms with E-state index in [4.69, 9.17) is 4.98 Å². The van der Waals surface area contributed by atoms with Gasteiger partial charge in [0, 0.05) is 39.8 Å². The average Bonchev–Trinajstić information content (AvgIpc) is 3.60. The van der Waals surface area contributed by atoms with Crippen molar-refractivity contribution in [2.75, 3.05) is 5.32 Å². The molecule has 36 heavy (non-hydrogen) atoms. The second-order valence-electron chi connectivity index (χ2n) is 8.96. The fourth-order valence-corrected chi connectivity index (χ4v) is 5.19. The van der Waals surface area contributed by atoms with Gasteiger partial charge in [-0.15, -0.1) is 11.3 Å². The van der Waals surface area contributed by atoms with Gasteiger partial charge in [-0.05, 0) is 51.1 Å². The number of nitrogens with one attached hydrogen (secondary N) is 3. The molecule has 6 aromatic rings. The average molecular weight is 494 g/mol. The Balaban J connectivity index is 1.43. The molecule has 6 rings (SSSR count). The van der Waals surface area contributed by atoms with Crippen LogP contribution in [0.25, 0.3) is 55.2 Å². The smallest absolute Gasteiger partial charge is 0.169 e. The number of fused-ring (bicyclic) bond motifs is 2. The highest BCUT2D eigenvalue weighted by Crippen LogP contribution is 2.35. The molecule has 0 unspecified atom stereocenters. The molecular formula is C27H23N7OS. The van der Waals surface area contributed by atoms with Crippen molar-refractivity contribution in [3.05, 3.63) is 65.9 Å². The van der Waals surface area contributed by atoms with Crippen LogP contribution in [0.5, 0.6) is 0 Å². The molecule has 0 saturated heterocycles. The standard InChI is InChI=1S/C27H23N7OS/c1-14(2)30-17-9-16(11-28-12-17)21-10-19-22(13-29-21)33-34-26(19)27-31-20-6-4-5-18(25(20)32-27)24-8-7-23(36-24)15(3)35/h4-14,30H,1-3H3,(H,31,32)(H,33,34). The zero-order chi connectivity index (χ0) is 24.8. The highest BCUT2D eigenvalue weighted by atomic mass is 32.1. The third kappa shape index (κ3) is 3.93. The molecule has 0 bridgehead atoms. The van der Waals surface area contributed by atoms with Crippen LogP contribution >= 0.6 is 11.3 Å². The van der Waals surface area contributed by atoms with E-state index in [0.29, 0.717) is 11.9 Å². The quantitative estimate of drug-likeness (QED) is 0.234. The lowest BCUT2D eigenvalue weighted by atomic mass is 10.1. The predicted octanol–water partition coefficient (Wildman–Crippen LogP) is 6.31. The Labute approximate surface area is 210 Å². The van der Waals surface area contributed by atoms with E-state index in [1.807, 2.05) is 54.9 Å². The van der Waals surface area contributed by atoms with Crippen molar-refractivity contribution in [2.24, 2.45) is 0 Å². The topological polar surface area (TPSA) is 112 Å². The van der Waals surface area contributed by atoms with Crippen molar-refractivity contribution in [1.29, 1.82) is 0 Å². The fraction of sp³-hybridized carbons (Fsp3) is 0.148. The first-order chi connectivity index (χ1) is 17.5. The van der Waals surface area contributed by atoms with E-state index in [0.717, 1.165) is 59.9 Å². The van der Waals surface area contributed by atoms with Crippen molar-refractivity contribution >= 4 is 44.7 Å². The summed E-state index contributed by atoms with van der Waals surface area (Å²) in [5.74, 6) is 0.729. The van der Waals surface area contributed by atoms with E-state index >= 15 is 0 Å². The Morgan fingerprint density at radius 3 is 2.75 bits per heavy atom. The molecule has 178 valence electrons. The van der Waals surface area contributed by atoms with Crippen LogP contribution in [0.4, 0.5) is 5.69 Å². The number of Topliss-reactive ketones (excluding diaryl/α,β-unsaturated/α-hetero) is 1. The highest BCUT2D eigenvalue weighted by molar-refractivity contribution is 7.17. The number of benzene rings is 1. The maximum Gasteiger partial charge on any atom is 0.169 e. The first-order valence-corrected chi connectivity index (χ1v) is 12.4. The summed E-state index contributed by atoms with van der Waals surface area (Å²) < 4.78 is 0. The van der Waals surface area contributed by atoms with Gasteiger partial charge >= 0.3 is 0 Å². The van der Waals surface area contributed by atoms with Crippen molar-refractivity contribution in [2.45, 2.75) is 26.8 Å². The first kappa shape index (κ1) is 22.1. The van der Waals surface area contributed by atoms with E-state index in [2.05, 4.69) is 44.3 Å². The Morgan fingerprint density at radius 2 is 1.94 bits per heavy atom. The second kappa shape index (κ2) is 8.69. The number of thiophene rings is 1. The third-order valence-corrected chi connectivity index (χ3v) is 7.11. The van der Waals surface area contributed by atoms with Crippen molar-refractivity contribution < 1.29 is 4.79 Å². The van der Waals surface area contributed by atoms with Gasteiger partial charge in [-0.25, -0.2) is 4.98 Å². The number of hydrogen-bond donors (Lipinski definition) is 3. The summed E-state index contributed by atoms with van der Waals surface area (Å²) in [4.78, 5) is 30.9. The van der Waals surface area contributed by atoms with Crippen LogP contribution < -0.4 is 5.32 Å². The number of anilines is 1. The SMILES string of the molecule is CC(=O)c1ccc(-c2cccc3[nH]c(-c4n[nH]c5cnc(-c6cncc(NC(C)C)c6)cc45)nc23)s1. The highest BCUT2D eigenvalue weighted by Gasteiger charge is 2.17. The lowest BCUT2D eigenvalue weighted by Gasteiger charge is -2.10. The van der Waals surface area contributed by atoms with Gasteiger partial charge < -0.3 is 10.3 Å². The Morgan fingerprint density at radius 1 is 1.06 bits per heavy atom. The molecular weight excluding hydrogens is 470 g/mol. The van der Waals surface area contributed by atoms with E-state index in [-0.39, 0.29) is 5.78 Å². The molecule has 0 spiro atoms. The number of nitrogens with zero attached hydrogens (tertiary/aromatic N) is 4. The molecule has 0 aliphatic heterocycles. The van der Waals surface area contributed by atoms with Gasteiger partial charge in [0.15, 0.2) is 11.6 Å². The number of aromatic nitrogens is 6. The number of pyridine rings is 2. The van der Waals surface area contributed by atoms with Crippen LogP contribution in [-0.2, 0) is 0 Å². The normalized spacial score (nSPS) is 11.6. The van der Waals surface area contributed by atoms with E-state index in [1.165, 1.54) is 11.3 Å². The minimum atomic E-state index is 0.0641. The number of para-hydroxylation sites is 1. The third-order valence-electron chi connectivity index (χ3n) is 5.89. The predicted molar refractivity (Wildman–Crippen MR) is 144 cm³/mol. The molecule has 0 aliphatic carbocycles. The van der Waals surface area contributed by atoms with Gasteiger partial charge in [-0.2, -0.15) is 5.10 Å². The number of ketones is 1. The number of imidazole rings is 1. The van der Waals surface area contributed by atoms with Crippen LogP contribution in [0.3, 0.4) is 0 Å². The molecule has 0 saturated carbocycles. The lowest BCUT2D eigenvalue weighted by Crippen LogP contribution is -2.09. The number of carbonyl (C=O) groups is 1. The first-order valence-electron chi connectivity index (χ1n) is 11.6. The Bertz CT molecular complexity index is 1740. The van der Waals surface area contributed by atoms with Gasteiger partial charge in [-0.1, -0.05) is 12.1 Å². The summed E-state index contributed by atoms with van der Waals surface area (Å²) in [7, 11) is 0. The molecule has 0 amide bonds. The number of H-pyrrole nitrogens is 2. The maximum atomic E-state index is 11.8. The minimum absolute atomic E-state index is 0.0641. The molecule has 8 nitrogen and oxygen atoms in total. The van der Waals surface area contributed by atoms with Crippen molar-refractivity contribution in [3.63, 3.8) is 0 Å². The van der Waals surface area contributed by atoms with E-state index in [9.17, 15) is 4.79 Å². The number of aromatic amines is 2. The zero-order valence-electron chi connectivity index (χ0n) is 20.0. The Kier molecular flexibility index (Phi) is 5.34. The maximum absolute atomic E-state index is 11.8. The van der Waals surface area contributed by atoms with Gasteiger partial charge in [-0.3, -0.25) is 19.9 Å². The Hall–Kier alpha value is -4.37. The monoisotopic (exact) mass is 493 g/mol. The van der Waals surface area contributed by atoms with Crippen molar-refractivity contribution in [3.8, 4) is 33.2 Å². The summed E-state index contributed by atoms with van der Waals surface area (Å²) >= 11 is 1.48. The largest absolute Gasteiger partial charge is 0.382 e. The number of hydrogen-bond acceptors (Lipinski definition) is 7. The molecule has 3 N–H and O–H groups in total. The van der Waals surface area contributed by atoms with Gasteiger partial charge in [0.25, 0.3) is 0 Å². The van der Waals surface area contributed by atoms with E-state index in [1.54, 1.807) is 13.1 Å². The van der Waals surface area contributed by atoms with Crippen LogP contribution in [0, 0.1) is 0 Å². The molecule has 5 aromatic heterocycles. The van der Waals surface area contributed by atoms with Crippen LogP contribution in [-0.4, -0.2) is 42.0 Å². The fourth-order valence-electron chi connectivity index (χ4n) is 4.26. The van der Waals surface area contributed by atoms with Gasteiger partial charge in [0.05, 0.1) is 39.0 Å². The second-order valence-corrected chi connectivity index (χ2v) is 10.0.